The smallest absolute Gasteiger partial charge is 0.259 e. The number of carbonyl (C=O) groups excluding carboxylic acids is 1. The summed E-state index contributed by atoms with van der Waals surface area (Å²) < 4.78 is 0. The van der Waals surface area contributed by atoms with Crippen LogP contribution in [0.3, 0.4) is 0 Å². The molecule has 0 saturated carbocycles. The fourth-order valence-corrected chi connectivity index (χ4v) is 2.43. The molecule has 0 bridgehead atoms. The zero-order valence-corrected chi connectivity index (χ0v) is 12.7. The van der Waals surface area contributed by atoms with Crippen LogP contribution >= 0.6 is 11.6 Å². The van der Waals surface area contributed by atoms with E-state index in [9.17, 15) is 9.90 Å². The van der Waals surface area contributed by atoms with E-state index >= 15 is 0 Å². The molecule has 0 radical (unpaired) electrons. The Labute approximate surface area is 128 Å². The number of aromatic hydroxyl groups is 1. The fourth-order valence-electron chi connectivity index (χ4n) is 2.16. The number of nitrogens with two attached hydrogens (primary N) is 1. The van der Waals surface area contributed by atoms with Crippen LogP contribution in [0.15, 0.2) is 36.4 Å². The number of hydrogen-bond acceptors (Lipinski definition) is 3. The molecule has 0 spiro atoms. The van der Waals surface area contributed by atoms with E-state index < -0.39 is 0 Å². The van der Waals surface area contributed by atoms with Gasteiger partial charge in [0.05, 0.1) is 16.3 Å². The fraction of sp³-hybridized carbons (Fsp3) is 0.188. The molecule has 0 aliphatic carbocycles. The molecule has 0 fully saturated rings. The quantitative estimate of drug-likeness (QED) is 0.851. The third kappa shape index (κ3) is 3.11. The van der Waals surface area contributed by atoms with Crippen LogP contribution in [0.4, 0.5) is 11.4 Å². The number of phenols is 1. The summed E-state index contributed by atoms with van der Waals surface area (Å²) in [4.78, 5) is 14.3. The maximum atomic E-state index is 12.7. The Morgan fingerprint density at radius 3 is 2.62 bits per heavy atom. The molecule has 0 aliphatic heterocycles. The monoisotopic (exact) mass is 304 g/mol. The van der Waals surface area contributed by atoms with Crippen LogP contribution in [-0.4, -0.2) is 17.6 Å². The van der Waals surface area contributed by atoms with Crippen molar-refractivity contribution in [1.82, 2.24) is 0 Å². The lowest BCUT2D eigenvalue weighted by Gasteiger charge is -2.23. The van der Waals surface area contributed by atoms with Crippen LogP contribution in [-0.2, 0) is 0 Å². The van der Waals surface area contributed by atoms with E-state index in [4.69, 9.17) is 17.3 Å². The molecule has 0 atom stereocenters. The highest BCUT2D eigenvalue weighted by atomic mass is 35.5. The van der Waals surface area contributed by atoms with Gasteiger partial charge in [0.25, 0.3) is 5.91 Å². The Morgan fingerprint density at radius 2 is 2.00 bits per heavy atom. The molecule has 2 aromatic rings. The van der Waals surface area contributed by atoms with Gasteiger partial charge in [0, 0.05) is 18.3 Å². The molecule has 0 aromatic heterocycles. The summed E-state index contributed by atoms with van der Waals surface area (Å²) in [5, 5.41) is 9.96. The number of nitrogens with zero attached hydrogens (tertiary/aromatic N) is 1. The number of rotatable bonds is 3. The number of hydrogen-bond donors (Lipinski definition) is 2. The highest BCUT2D eigenvalue weighted by Crippen LogP contribution is 2.28. The van der Waals surface area contributed by atoms with Gasteiger partial charge in [0.1, 0.15) is 5.75 Å². The van der Waals surface area contributed by atoms with E-state index in [0.717, 1.165) is 5.56 Å². The van der Waals surface area contributed by atoms with Crippen molar-refractivity contribution in [1.29, 1.82) is 0 Å². The van der Waals surface area contributed by atoms with Crippen molar-refractivity contribution in [3.8, 4) is 5.75 Å². The summed E-state index contributed by atoms with van der Waals surface area (Å²) in [7, 11) is 0. The number of anilines is 2. The summed E-state index contributed by atoms with van der Waals surface area (Å²) in [5.41, 5.74) is 8.10. The minimum absolute atomic E-state index is 0.116. The zero-order valence-electron chi connectivity index (χ0n) is 11.9. The van der Waals surface area contributed by atoms with Gasteiger partial charge in [-0.2, -0.15) is 0 Å². The highest BCUT2D eigenvalue weighted by Gasteiger charge is 2.20. The van der Waals surface area contributed by atoms with Crippen LogP contribution in [0, 0.1) is 6.92 Å². The molecule has 0 heterocycles. The van der Waals surface area contributed by atoms with Gasteiger partial charge in [-0.25, -0.2) is 0 Å². The van der Waals surface area contributed by atoms with Crippen LogP contribution in [0.2, 0.25) is 5.02 Å². The first-order valence-electron chi connectivity index (χ1n) is 6.60. The molecule has 4 nitrogen and oxygen atoms in total. The van der Waals surface area contributed by atoms with Crippen molar-refractivity contribution in [2.75, 3.05) is 17.2 Å². The van der Waals surface area contributed by atoms with Gasteiger partial charge in [-0.15, -0.1) is 0 Å². The lowest BCUT2D eigenvalue weighted by Crippen LogP contribution is -2.31. The van der Waals surface area contributed by atoms with Gasteiger partial charge < -0.3 is 15.7 Å². The van der Waals surface area contributed by atoms with Crippen molar-refractivity contribution in [3.63, 3.8) is 0 Å². The predicted octanol–water partition coefficient (Wildman–Crippen LogP) is 3.60. The molecule has 0 aliphatic rings. The first-order valence-corrected chi connectivity index (χ1v) is 6.98. The second kappa shape index (κ2) is 6.06. The third-order valence-electron chi connectivity index (χ3n) is 3.27. The number of halogens is 1. The lowest BCUT2D eigenvalue weighted by atomic mass is 10.1. The number of carbonyl (C=O) groups is 1. The third-order valence-corrected chi connectivity index (χ3v) is 3.58. The van der Waals surface area contributed by atoms with Gasteiger partial charge in [-0.1, -0.05) is 17.7 Å². The molecule has 0 unspecified atom stereocenters. The van der Waals surface area contributed by atoms with Gasteiger partial charge in [0.2, 0.25) is 0 Å². The number of aryl methyl sites for hydroxylation is 1. The van der Waals surface area contributed by atoms with Gasteiger partial charge in [0.15, 0.2) is 0 Å². The lowest BCUT2D eigenvalue weighted by molar-refractivity contribution is 0.0988. The van der Waals surface area contributed by atoms with E-state index in [1.165, 1.54) is 0 Å². The van der Waals surface area contributed by atoms with Crippen LogP contribution in [0.25, 0.3) is 0 Å². The first kappa shape index (κ1) is 15.2. The molecule has 0 saturated heterocycles. The average Bonchev–Trinajstić information content (AvgIpc) is 2.43. The predicted molar refractivity (Wildman–Crippen MR) is 86.1 cm³/mol. The molecule has 110 valence electrons. The maximum absolute atomic E-state index is 12.7. The van der Waals surface area contributed by atoms with Gasteiger partial charge in [-0.05, 0) is 43.7 Å². The Kier molecular flexibility index (Phi) is 4.38. The minimum Gasteiger partial charge on any atom is -0.508 e. The molecule has 1 amide bonds. The van der Waals surface area contributed by atoms with Gasteiger partial charge >= 0.3 is 0 Å². The highest BCUT2D eigenvalue weighted by molar-refractivity contribution is 6.34. The summed E-state index contributed by atoms with van der Waals surface area (Å²) in [5.74, 6) is -0.110. The summed E-state index contributed by atoms with van der Waals surface area (Å²) in [6, 6.07) is 9.74. The molecule has 21 heavy (non-hydrogen) atoms. The van der Waals surface area contributed by atoms with Crippen molar-refractivity contribution in [3.05, 3.63) is 52.5 Å². The van der Waals surface area contributed by atoms with E-state index in [1.807, 2.05) is 13.8 Å². The van der Waals surface area contributed by atoms with Crippen molar-refractivity contribution < 1.29 is 9.90 Å². The standard InChI is InChI=1S/C16H17ClN2O2/c1-3-19(15-9-12(20)6-4-10(15)2)16(21)13-7-5-11(18)8-14(13)17/h4-9,20H,3,18H2,1-2H3. The normalized spacial score (nSPS) is 10.4. The summed E-state index contributed by atoms with van der Waals surface area (Å²) in [6.45, 7) is 4.21. The van der Waals surface area contributed by atoms with E-state index in [-0.39, 0.29) is 11.7 Å². The SMILES string of the molecule is CCN(C(=O)c1ccc(N)cc1Cl)c1cc(O)ccc1C. The topological polar surface area (TPSA) is 66.6 Å². The van der Waals surface area contributed by atoms with Crippen LogP contribution in [0.5, 0.6) is 5.75 Å². The number of nitrogen functional groups attached to an aromatic ring is 1. The van der Waals surface area contributed by atoms with Gasteiger partial charge in [-0.3, -0.25) is 4.79 Å². The number of amides is 1. The molecular formula is C16H17ClN2O2. The summed E-state index contributed by atoms with van der Waals surface area (Å²) in [6.07, 6.45) is 0. The molecule has 5 heteroatoms. The van der Waals surface area contributed by atoms with E-state index in [1.54, 1.807) is 41.3 Å². The van der Waals surface area contributed by atoms with Crippen molar-refractivity contribution in [2.45, 2.75) is 13.8 Å². The first-order chi connectivity index (χ1) is 9.93. The molecular weight excluding hydrogens is 288 g/mol. The Balaban J connectivity index is 2.45. The zero-order chi connectivity index (χ0) is 15.6. The summed E-state index contributed by atoms with van der Waals surface area (Å²) >= 11 is 6.11. The van der Waals surface area contributed by atoms with Crippen LogP contribution in [0.1, 0.15) is 22.8 Å². The number of phenolic OH excluding ortho intramolecular Hbond substituents is 1. The van der Waals surface area contributed by atoms with E-state index in [0.29, 0.717) is 28.5 Å². The molecule has 3 N–H and O–H groups in total. The average molecular weight is 305 g/mol. The largest absolute Gasteiger partial charge is 0.508 e. The second-order valence-electron chi connectivity index (χ2n) is 4.76. The van der Waals surface area contributed by atoms with Crippen molar-refractivity contribution in [2.24, 2.45) is 0 Å². The minimum atomic E-state index is -0.226. The van der Waals surface area contributed by atoms with E-state index in [2.05, 4.69) is 0 Å². The van der Waals surface area contributed by atoms with Crippen molar-refractivity contribution >= 4 is 28.9 Å². The number of benzene rings is 2. The maximum Gasteiger partial charge on any atom is 0.259 e. The molecule has 2 rings (SSSR count). The Morgan fingerprint density at radius 1 is 1.29 bits per heavy atom. The second-order valence-corrected chi connectivity index (χ2v) is 5.17. The Hall–Kier alpha value is -2.20. The Bertz CT molecular complexity index is 686. The van der Waals surface area contributed by atoms with Crippen LogP contribution < -0.4 is 10.6 Å². The molecule has 2 aromatic carbocycles.